The normalized spacial score (nSPS) is 31.2. The first-order valence-corrected chi connectivity index (χ1v) is 13.6. The van der Waals surface area contributed by atoms with Gasteiger partial charge in [0.05, 0.1) is 0 Å². The van der Waals surface area contributed by atoms with Crippen LogP contribution in [0.15, 0.2) is 12.2 Å². The average Bonchev–Trinajstić information content (AvgIpc) is 3.47. The van der Waals surface area contributed by atoms with Gasteiger partial charge in [-0.15, -0.1) is 0 Å². The minimum Gasteiger partial charge on any atom is -0.298 e. The number of likely N-dealkylation sites (tertiary alicyclic amines) is 2. The van der Waals surface area contributed by atoms with Crippen LogP contribution in [-0.4, -0.2) is 145 Å². The summed E-state index contributed by atoms with van der Waals surface area (Å²) in [6.45, 7) is 26.7. The van der Waals surface area contributed by atoms with Crippen LogP contribution in [0.5, 0.6) is 0 Å². The Morgan fingerprint density at radius 2 is 0.938 bits per heavy atom. The second kappa shape index (κ2) is 11.8. The van der Waals surface area contributed by atoms with E-state index in [1.54, 1.807) is 0 Å². The predicted octanol–water partition coefficient (Wildman–Crippen LogP) is 1.74. The standard InChI is InChI=1S/C26H50N6/c1-23(2)29-13-17-31(18-14-29)25-7-11-27(21-25)9-5-6-10-28-12-8-26(22-28)32-19-15-30(16-20-32)24(3)4/h5-6,23-26H,7-22H2,1-4H3/b6-5+. The lowest BCUT2D eigenvalue weighted by Gasteiger charge is -2.39. The Balaban J connectivity index is 1.10. The quantitative estimate of drug-likeness (QED) is 0.526. The summed E-state index contributed by atoms with van der Waals surface area (Å²) in [6.07, 6.45) is 7.59. The van der Waals surface area contributed by atoms with Gasteiger partial charge < -0.3 is 0 Å². The average molecular weight is 447 g/mol. The van der Waals surface area contributed by atoms with E-state index >= 15 is 0 Å². The lowest BCUT2D eigenvalue weighted by atomic mass is 10.1. The van der Waals surface area contributed by atoms with E-state index in [1.165, 1.54) is 91.4 Å². The van der Waals surface area contributed by atoms with Gasteiger partial charge in [-0.2, -0.15) is 0 Å². The van der Waals surface area contributed by atoms with Crippen molar-refractivity contribution in [2.24, 2.45) is 0 Å². The van der Waals surface area contributed by atoms with E-state index in [2.05, 4.69) is 69.2 Å². The van der Waals surface area contributed by atoms with Crippen molar-refractivity contribution in [3.8, 4) is 0 Å². The fraction of sp³-hybridized carbons (Fsp3) is 0.923. The highest BCUT2D eigenvalue weighted by molar-refractivity contribution is 4.95. The largest absolute Gasteiger partial charge is 0.298 e. The molecule has 0 aromatic rings. The third kappa shape index (κ3) is 6.55. The van der Waals surface area contributed by atoms with Gasteiger partial charge in [-0.3, -0.25) is 29.4 Å². The van der Waals surface area contributed by atoms with E-state index in [9.17, 15) is 0 Å². The van der Waals surface area contributed by atoms with Gasteiger partial charge in [0.1, 0.15) is 0 Å². The zero-order valence-electron chi connectivity index (χ0n) is 21.5. The molecule has 0 aromatic heterocycles. The van der Waals surface area contributed by atoms with Crippen molar-refractivity contribution in [1.82, 2.24) is 29.4 Å². The maximum Gasteiger partial charge on any atom is 0.0236 e. The molecule has 0 saturated carbocycles. The van der Waals surface area contributed by atoms with Crippen LogP contribution in [0.25, 0.3) is 0 Å². The van der Waals surface area contributed by atoms with Crippen molar-refractivity contribution in [2.75, 3.05) is 91.6 Å². The molecule has 32 heavy (non-hydrogen) atoms. The Morgan fingerprint density at radius 3 is 1.28 bits per heavy atom. The molecule has 0 radical (unpaired) electrons. The summed E-state index contributed by atoms with van der Waals surface area (Å²) in [5, 5.41) is 0. The molecule has 0 aliphatic carbocycles. The van der Waals surface area contributed by atoms with Crippen LogP contribution in [0.4, 0.5) is 0 Å². The van der Waals surface area contributed by atoms with Crippen molar-refractivity contribution in [1.29, 1.82) is 0 Å². The highest BCUT2D eigenvalue weighted by atomic mass is 15.3. The van der Waals surface area contributed by atoms with Crippen LogP contribution in [-0.2, 0) is 0 Å². The first kappa shape index (κ1) is 24.6. The Bertz CT molecular complexity index is 527. The van der Waals surface area contributed by atoms with E-state index in [0.29, 0.717) is 12.1 Å². The smallest absolute Gasteiger partial charge is 0.0236 e. The SMILES string of the molecule is CC(C)N1CCN(C2CCN(C/C=C/CN3CCC(N4CCN(C(C)C)CC4)C3)C2)CC1. The Labute approximate surface area is 198 Å². The molecule has 0 spiro atoms. The summed E-state index contributed by atoms with van der Waals surface area (Å²) in [5.74, 6) is 0. The molecule has 4 aliphatic rings. The zero-order chi connectivity index (χ0) is 22.5. The van der Waals surface area contributed by atoms with Gasteiger partial charge in [0.2, 0.25) is 0 Å². The van der Waals surface area contributed by atoms with Crippen molar-refractivity contribution in [2.45, 2.75) is 64.7 Å². The molecule has 4 heterocycles. The number of rotatable bonds is 8. The van der Waals surface area contributed by atoms with Gasteiger partial charge >= 0.3 is 0 Å². The molecule has 0 bridgehead atoms. The molecule has 0 aromatic carbocycles. The topological polar surface area (TPSA) is 19.4 Å². The molecule has 6 heteroatoms. The van der Waals surface area contributed by atoms with Gasteiger partial charge in [-0.1, -0.05) is 12.2 Å². The first-order valence-electron chi connectivity index (χ1n) is 13.6. The molecule has 4 rings (SSSR count). The van der Waals surface area contributed by atoms with Gasteiger partial charge in [-0.05, 0) is 40.5 Å². The Kier molecular flexibility index (Phi) is 9.05. The van der Waals surface area contributed by atoms with Crippen molar-refractivity contribution in [3.63, 3.8) is 0 Å². The summed E-state index contributed by atoms with van der Waals surface area (Å²) in [4.78, 5) is 16.1. The zero-order valence-corrected chi connectivity index (χ0v) is 21.5. The summed E-state index contributed by atoms with van der Waals surface area (Å²) < 4.78 is 0. The second-order valence-corrected chi connectivity index (χ2v) is 11.2. The molecule has 2 unspecified atom stereocenters. The monoisotopic (exact) mass is 446 g/mol. The summed E-state index contributed by atoms with van der Waals surface area (Å²) >= 11 is 0. The van der Waals surface area contributed by atoms with Gasteiger partial charge in [0.15, 0.2) is 0 Å². The fourth-order valence-corrected chi connectivity index (χ4v) is 6.24. The molecule has 0 amide bonds. The molecule has 6 nitrogen and oxygen atoms in total. The van der Waals surface area contributed by atoms with E-state index in [1.807, 2.05) is 0 Å². The van der Waals surface area contributed by atoms with Crippen molar-refractivity contribution >= 4 is 0 Å². The van der Waals surface area contributed by atoms with Crippen molar-refractivity contribution in [3.05, 3.63) is 12.2 Å². The fourth-order valence-electron chi connectivity index (χ4n) is 6.24. The highest BCUT2D eigenvalue weighted by Gasteiger charge is 2.31. The molecular formula is C26H50N6. The third-order valence-corrected chi connectivity index (χ3v) is 8.58. The van der Waals surface area contributed by atoms with Crippen LogP contribution < -0.4 is 0 Å². The molecule has 2 atom stereocenters. The van der Waals surface area contributed by atoms with Crippen LogP contribution in [0.2, 0.25) is 0 Å². The van der Waals surface area contributed by atoms with Gasteiger partial charge in [-0.25, -0.2) is 0 Å². The highest BCUT2D eigenvalue weighted by Crippen LogP contribution is 2.19. The van der Waals surface area contributed by atoms with E-state index in [4.69, 9.17) is 0 Å². The van der Waals surface area contributed by atoms with E-state index in [0.717, 1.165) is 25.2 Å². The number of piperazine rings is 2. The minimum absolute atomic E-state index is 0.698. The van der Waals surface area contributed by atoms with Gasteiger partial charge in [0, 0.05) is 116 Å². The summed E-state index contributed by atoms with van der Waals surface area (Å²) in [7, 11) is 0. The second-order valence-electron chi connectivity index (χ2n) is 11.2. The number of nitrogens with zero attached hydrogens (tertiary/aromatic N) is 6. The lowest BCUT2D eigenvalue weighted by molar-refractivity contribution is 0.0803. The maximum atomic E-state index is 2.76. The molecule has 184 valence electrons. The Hall–Kier alpha value is -0.500. The number of hydrogen-bond acceptors (Lipinski definition) is 6. The van der Waals surface area contributed by atoms with Crippen LogP contribution in [0.1, 0.15) is 40.5 Å². The lowest BCUT2D eigenvalue weighted by Crippen LogP contribution is -2.52. The molecule has 4 saturated heterocycles. The van der Waals surface area contributed by atoms with Crippen LogP contribution >= 0.6 is 0 Å². The van der Waals surface area contributed by atoms with Crippen molar-refractivity contribution < 1.29 is 0 Å². The predicted molar refractivity (Wildman–Crippen MR) is 135 cm³/mol. The molecule has 4 fully saturated rings. The molecule has 0 N–H and O–H groups in total. The van der Waals surface area contributed by atoms with Gasteiger partial charge in [0.25, 0.3) is 0 Å². The van der Waals surface area contributed by atoms with Crippen LogP contribution in [0.3, 0.4) is 0 Å². The van der Waals surface area contributed by atoms with Crippen LogP contribution in [0, 0.1) is 0 Å². The van der Waals surface area contributed by atoms with E-state index in [-0.39, 0.29) is 0 Å². The summed E-state index contributed by atoms with van der Waals surface area (Å²) in [6, 6.07) is 2.97. The molecular weight excluding hydrogens is 396 g/mol. The summed E-state index contributed by atoms with van der Waals surface area (Å²) in [5.41, 5.74) is 0. The maximum absolute atomic E-state index is 2.76. The number of hydrogen-bond donors (Lipinski definition) is 0. The first-order chi connectivity index (χ1) is 15.5. The minimum atomic E-state index is 0.698. The third-order valence-electron chi connectivity index (χ3n) is 8.58. The van der Waals surface area contributed by atoms with E-state index < -0.39 is 0 Å². The molecule has 4 aliphatic heterocycles. The Morgan fingerprint density at radius 1 is 0.562 bits per heavy atom.